The van der Waals surface area contributed by atoms with E-state index in [1.165, 1.54) is 0 Å². The summed E-state index contributed by atoms with van der Waals surface area (Å²) in [6.07, 6.45) is 2.90. The molecule has 1 saturated heterocycles. The number of likely N-dealkylation sites (tertiary alicyclic amines) is 1. The zero-order chi connectivity index (χ0) is 16.2. The maximum absolute atomic E-state index is 12.6. The number of halogens is 1. The van der Waals surface area contributed by atoms with Gasteiger partial charge in [-0.3, -0.25) is 9.89 Å². The summed E-state index contributed by atoms with van der Waals surface area (Å²) < 4.78 is 5.28. The Balaban J connectivity index is 1.66. The molecule has 1 N–H and O–H groups in total. The molecule has 1 aromatic carbocycles. The van der Waals surface area contributed by atoms with Gasteiger partial charge in [0.05, 0.1) is 13.2 Å². The van der Waals surface area contributed by atoms with E-state index in [1.54, 1.807) is 7.11 Å². The fourth-order valence-corrected chi connectivity index (χ4v) is 3.16. The van der Waals surface area contributed by atoms with E-state index in [4.69, 9.17) is 16.3 Å². The molecule has 1 atom stereocenters. The minimum absolute atomic E-state index is 0.121. The number of rotatable bonds is 5. The number of ether oxygens (including phenoxy) is 1. The van der Waals surface area contributed by atoms with Gasteiger partial charge < -0.3 is 9.64 Å². The summed E-state index contributed by atoms with van der Waals surface area (Å²) in [5, 5.41) is 6.68. The molecule has 23 heavy (non-hydrogen) atoms. The standard InChI is InChI=1S/C16H19ClN4O2/c1-23-12-5-2-4-11(10-12)13-6-3-9-21(13)15(22)8-7-14-18-16(17)20-19-14/h2,4-5,10,13H,3,6-9H2,1H3,(H,18,19,20)/t13-/m0/s1. The predicted octanol–water partition coefficient (Wildman–Crippen LogP) is 2.76. The average molecular weight is 335 g/mol. The van der Waals surface area contributed by atoms with E-state index >= 15 is 0 Å². The number of carbonyl (C=O) groups excluding carboxylic acids is 1. The van der Waals surface area contributed by atoms with Crippen molar-refractivity contribution < 1.29 is 9.53 Å². The van der Waals surface area contributed by atoms with E-state index in [2.05, 4.69) is 21.2 Å². The topological polar surface area (TPSA) is 71.1 Å². The van der Waals surface area contributed by atoms with Crippen LogP contribution in [0.1, 0.15) is 36.7 Å². The number of aryl methyl sites for hydroxylation is 1. The summed E-state index contributed by atoms with van der Waals surface area (Å²) in [6.45, 7) is 0.790. The van der Waals surface area contributed by atoms with Crippen molar-refractivity contribution in [3.8, 4) is 5.75 Å². The lowest BCUT2D eigenvalue weighted by Crippen LogP contribution is -2.30. The van der Waals surface area contributed by atoms with Gasteiger partial charge in [0.25, 0.3) is 0 Å². The molecule has 0 saturated carbocycles. The van der Waals surface area contributed by atoms with E-state index in [-0.39, 0.29) is 17.2 Å². The van der Waals surface area contributed by atoms with Crippen LogP contribution < -0.4 is 4.74 Å². The van der Waals surface area contributed by atoms with Gasteiger partial charge >= 0.3 is 0 Å². The number of aromatic amines is 1. The first-order chi connectivity index (χ1) is 11.2. The third-order valence-corrected chi connectivity index (χ3v) is 4.30. The normalized spacial score (nSPS) is 17.5. The first kappa shape index (κ1) is 15.8. The summed E-state index contributed by atoms with van der Waals surface area (Å²) in [5.74, 6) is 1.58. The maximum atomic E-state index is 12.6. The lowest BCUT2D eigenvalue weighted by atomic mass is 10.0. The van der Waals surface area contributed by atoms with Gasteiger partial charge in [-0.25, -0.2) is 4.98 Å². The van der Waals surface area contributed by atoms with E-state index in [0.717, 1.165) is 30.7 Å². The number of benzene rings is 1. The number of carbonyl (C=O) groups is 1. The van der Waals surface area contributed by atoms with Crippen LogP contribution in [0.5, 0.6) is 5.75 Å². The number of amides is 1. The Bertz CT molecular complexity index is 688. The fraction of sp³-hybridized carbons (Fsp3) is 0.438. The summed E-state index contributed by atoms with van der Waals surface area (Å²) in [5.41, 5.74) is 1.12. The Kier molecular flexibility index (Phi) is 4.81. The molecule has 0 unspecified atom stereocenters. The summed E-state index contributed by atoms with van der Waals surface area (Å²) in [7, 11) is 1.65. The molecular weight excluding hydrogens is 316 g/mol. The molecule has 1 aliphatic heterocycles. The highest BCUT2D eigenvalue weighted by Gasteiger charge is 2.29. The number of nitrogens with zero attached hydrogens (tertiary/aromatic N) is 3. The second-order valence-corrected chi connectivity index (χ2v) is 5.91. The predicted molar refractivity (Wildman–Crippen MR) is 86.4 cm³/mol. The lowest BCUT2D eigenvalue weighted by molar-refractivity contribution is -0.132. The molecule has 2 heterocycles. The zero-order valence-electron chi connectivity index (χ0n) is 13.0. The molecule has 0 bridgehead atoms. The van der Waals surface area contributed by atoms with Gasteiger partial charge in [-0.2, -0.15) is 0 Å². The third-order valence-electron chi connectivity index (χ3n) is 4.13. The van der Waals surface area contributed by atoms with E-state index in [0.29, 0.717) is 18.7 Å². The second-order valence-electron chi connectivity index (χ2n) is 5.57. The Morgan fingerprint density at radius 2 is 2.39 bits per heavy atom. The van der Waals surface area contributed by atoms with E-state index in [9.17, 15) is 4.79 Å². The number of methoxy groups -OCH3 is 1. The molecule has 1 aromatic heterocycles. The van der Waals surface area contributed by atoms with Crippen molar-refractivity contribution in [2.45, 2.75) is 31.7 Å². The summed E-state index contributed by atoms with van der Waals surface area (Å²) in [6, 6.07) is 8.06. The first-order valence-electron chi connectivity index (χ1n) is 7.67. The molecule has 122 valence electrons. The van der Waals surface area contributed by atoms with Crippen LogP contribution >= 0.6 is 11.6 Å². The number of nitrogens with one attached hydrogen (secondary N) is 1. The van der Waals surface area contributed by atoms with E-state index < -0.39 is 0 Å². The van der Waals surface area contributed by atoms with E-state index in [1.807, 2.05) is 23.1 Å². The molecule has 2 aromatic rings. The zero-order valence-corrected chi connectivity index (χ0v) is 13.7. The lowest BCUT2D eigenvalue weighted by Gasteiger charge is -2.25. The molecule has 0 spiro atoms. The van der Waals surface area contributed by atoms with Gasteiger partial charge in [0, 0.05) is 19.4 Å². The minimum atomic E-state index is 0.121. The van der Waals surface area contributed by atoms with Gasteiger partial charge in [0.15, 0.2) is 0 Å². The van der Waals surface area contributed by atoms with Crippen molar-refractivity contribution in [1.29, 1.82) is 0 Å². The molecule has 6 nitrogen and oxygen atoms in total. The van der Waals surface area contributed by atoms with Crippen LogP contribution in [0.2, 0.25) is 5.28 Å². The highest BCUT2D eigenvalue weighted by molar-refractivity contribution is 6.28. The Morgan fingerprint density at radius 3 is 3.13 bits per heavy atom. The molecule has 1 amide bonds. The summed E-state index contributed by atoms with van der Waals surface area (Å²) in [4.78, 5) is 18.5. The van der Waals surface area contributed by atoms with Gasteiger partial charge in [-0.15, -0.1) is 5.10 Å². The van der Waals surface area contributed by atoms with Gasteiger partial charge in [0.1, 0.15) is 11.6 Å². The first-order valence-corrected chi connectivity index (χ1v) is 8.05. The molecule has 0 radical (unpaired) electrons. The Hall–Kier alpha value is -2.08. The molecule has 3 rings (SSSR count). The number of H-pyrrole nitrogens is 1. The Morgan fingerprint density at radius 1 is 1.52 bits per heavy atom. The third kappa shape index (κ3) is 3.64. The monoisotopic (exact) mass is 334 g/mol. The van der Waals surface area contributed by atoms with Crippen LogP contribution in [0, 0.1) is 0 Å². The quantitative estimate of drug-likeness (QED) is 0.912. The number of hydrogen-bond acceptors (Lipinski definition) is 4. The molecule has 7 heteroatoms. The molecular formula is C16H19ClN4O2. The van der Waals surface area contributed by atoms with Crippen LogP contribution in [-0.2, 0) is 11.2 Å². The maximum Gasteiger partial charge on any atom is 0.242 e. The van der Waals surface area contributed by atoms with Crippen LogP contribution in [0.3, 0.4) is 0 Å². The number of hydrogen-bond donors (Lipinski definition) is 1. The minimum Gasteiger partial charge on any atom is -0.497 e. The second kappa shape index (κ2) is 7.00. The van der Waals surface area contributed by atoms with Crippen LogP contribution in [0.15, 0.2) is 24.3 Å². The van der Waals surface area contributed by atoms with Crippen molar-refractivity contribution in [3.05, 3.63) is 40.9 Å². The highest BCUT2D eigenvalue weighted by atomic mass is 35.5. The van der Waals surface area contributed by atoms with Crippen molar-refractivity contribution in [2.24, 2.45) is 0 Å². The van der Waals surface area contributed by atoms with Crippen molar-refractivity contribution >= 4 is 17.5 Å². The summed E-state index contributed by atoms with van der Waals surface area (Å²) >= 11 is 5.67. The van der Waals surface area contributed by atoms with Gasteiger partial charge in [0.2, 0.25) is 11.2 Å². The van der Waals surface area contributed by atoms with Gasteiger partial charge in [-0.1, -0.05) is 12.1 Å². The SMILES string of the molecule is COc1cccc([C@@H]2CCCN2C(=O)CCc2nc(Cl)n[nH]2)c1. The fourth-order valence-electron chi connectivity index (χ4n) is 3.01. The van der Waals surface area contributed by atoms with Crippen molar-refractivity contribution in [2.75, 3.05) is 13.7 Å². The Labute approximate surface area is 139 Å². The average Bonchev–Trinajstić information content (AvgIpc) is 3.21. The highest BCUT2D eigenvalue weighted by Crippen LogP contribution is 2.33. The van der Waals surface area contributed by atoms with Crippen molar-refractivity contribution in [3.63, 3.8) is 0 Å². The molecule has 0 aliphatic carbocycles. The van der Waals surface area contributed by atoms with Crippen LogP contribution in [0.4, 0.5) is 0 Å². The van der Waals surface area contributed by atoms with Crippen molar-refractivity contribution in [1.82, 2.24) is 20.1 Å². The smallest absolute Gasteiger partial charge is 0.242 e. The van der Waals surface area contributed by atoms with Crippen LogP contribution in [0.25, 0.3) is 0 Å². The largest absolute Gasteiger partial charge is 0.497 e. The molecule has 1 fully saturated rings. The number of aromatic nitrogens is 3. The van der Waals surface area contributed by atoms with Crippen LogP contribution in [-0.4, -0.2) is 39.6 Å². The van der Waals surface area contributed by atoms with Gasteiger partial charge in [-0.05, 0) is 42.1 Å². The molecule has 1 aliphatic rings.